The van der Waals surface area contributed by atoms with Gasteiger partial charge in [0.25, 0.3) is 0 Å². The lowest BCUT2D eigenvalue weighted by atomic mass is 10.1. The van der Waals surface area contributed by atoms with E-state index in [4.69, 9.17) is 6.57 Å². The van der Waals surface area contributed by atoms with Crippen LogP contribution >= 0.6 is 0 Å². The van der Waals surface area contributed by atoms with Crippen LogP contribution in [0.5, 0.6) is 0 Å². The number of urea groups is 1. The Balaban J connectivity index is 3.93. The van der Waals surface area contributed by atoms with E-state index in [1.165, 1.54) is 0 Å². The van der Waals surface area contributed by atoms with Crippen molar-refractivity contribution in [3.05, 3.63) is 11.4 Å². The average molecular weight is 182 g/mol. The van der Waals surface area contributed by atoms with Crippen molar-refractivity contribution in [3.8, 4) is 0 Å². The van der Waals surface area contributed by atoms with Crippen molar-refractivity contribution in [1.82, 2.24) is 5.43 Å². The largest absolute Gasteiger partial charge is 0.350 e. The maximum atomic E-state index is 11.0. The molecule has 0 saturated carbocycles. The van der Waals surface area contributed by atoms with Crippen LogP contribution in [0.4, 0.5) is 4.79 Å². The number of rotatable bonds is 4. The Morgan fingerprint density at radius 3 is 2.85 bits per heavy atom. The SMILES string of the molecule is [C-]#[N+]CC(C)C(=O)/C=N/NC(N)=O. The molecule has 0 heterocycles. The Morgan fingerprint density at radius 1 is 1.77 bits per heavy atom. The molecule has 6 nitrogen and oxygen atoms in total. The fourth-order valence-corrected chi connectivity index (χ4v) is 0.514. The van der Waals surface area contributed by atoms with Gasteiger partial charge < -0.3 is 10.6 Å². The van der Waals surface area contributed by atoms with Gasteiger partial charge in [-0.15, -0.1) is 0 Å². The van der Waals surface area contributed by atoms with E-state index in [1.54, 1.807) is 6.92 Å². The first-order valence-corrected chi connectivity index (χ1v) is 3.53. The third kappa shape index (κ3) is 5.38. The van der Waals surface area contributed by atoms with Gasteiger partial charge >= 0.3 is 6.03 Å². The third-order valence-corrected chi connectivity index (χ3v) is 1.22. The second kappa shape index (κ2) is 5.71. The Hall–Kier alpha value is -1.90. The lowest BCUT2D eigenvalue weighted by molar-refractivity contribution is -0.115. The van der Waals surface area contributed by atoms with Gasteiger partial charge in [-0.05, 0) is 6.92 Å². The summed E-state index contributed by atoms with van der Waals surface area (Å²) >= 11 is 0. The zero-order valence-electron chi connectivity index (χ0n) is 7.15. The molecule has 0 aromatic rings. The maximum absolute atomic E-state index is 11.0. The van der Waals surface area contributed by atoms with Gasteiger partial charge in [0.2, 0.25) is 6.54 Å². The highest BCUT2D eigenvalue weighted by molar-refractivity contribution is 6.28. The number of hydrogen-bond donors (Lipinski definition) is 2. The summed E-state index contributed by atoms with van der Waals surface area (Å²) in [6, 6.07) is -0.832. The summed E-state index contributed by atoms with van der Waals surface area (Å²) in [5.41, 5.74) is 6.57. The normalized spacial score (nSPS) is 12.0. The average Bonchev–Trinajstić information content (AvgIpc) is 2.04. The molecular weight excluding hydrogens is 172 g/mol. The number of ketones is 1. The summed E-state index contributed by atoms with van der Waals surface area (Å²) in [6.07, 6.45) is 0.945. The molecule has 70 valence electrons. The van der Waals surface area contributed by atoms with E-state index in [2.05, 4.69) is 15.7 Å². The van der Waals surface area contributed by atoms with Gasteiger partial charge in [0.05, 0.1) is 12.1 Å². The van der Waals surface area contributed by atoms with E-state index < -0.39 is 11.9 Å². The molecule has 0 rings (SSSR count). The van der Waals surface area contributed by atoms with E-state index in [0.29, 0.717) is 0 Å². The Kier molecular flexibility index (Phi) is 4.88. The summed E-state index contributed by atoms with van der Waals surface area (Å²) in [4.78, 5) is 24.2. The number of nitrogens with two attached hydrogens (primary N) is 1. The topological polar surface area (TPSA) is 88.9 Å². The molecule has 3 N–H and O–H groups in total. The van der Waals surface area contributed by atoms with Crippen molar-refractivity contribution in [2.24, 2.45) is 16.8 Å². The minimum Gasteiger partial charge on any atom is -0.350 e. The Bertz CT molecular complexity index is 266. The first kappa shape index (κ1) is 11.1. The van der Waals surface area contributed by atoms with Crippen molar-refractivity contribution in [1.29, 1.82) is 0 Å². The first-order chi connectivity index (χ1) is 6.07. The molecule has 1 atom stereocenters. The van der Waals surface area contributed by atoms with Crippen LogP contribution < -0.4 is 11.2 Å². The molecule has 0 aliphatic carbocycles. The van der Waals surface area contributed by atoms with Gasteiger partial charge in [-0.25, -0.2) is 16.8 Å². The second-order valence-corrected chi connectivity index (χ2v) is 2.38. The van der Waals surface area contributed by atoms with E-state index in [1.807, 2.05) is 5.43 Å². The molecule has 0 bridgehead atoms. The smallest absolute Gasteiger partial charge is 0.332 e. The molecule has 0 spiro atoms. The molecule has 0 radical (unpaired) electrons. The van der Waals surface area contributed by atoms with Gasteiger partial charge in [-0.2, -0.15) is 5.10 Å². The van der Waals surface area contributed by atoms with Gasteiger partial charge in [0.1, 0.15) is 0 Å². The van der Waals surface area contributed by atoms with Crippen LogP contribution in [0.2, 0.25) is 0 Å². The zero-order chi connectivity index (χ0) is 10.3. The highest BCUT2D eigenvalue weighted by atomic mass is 16.2. The fourth-order valence-electron chi connectivity index (χ4n) is 0.514. The molecular formula is C7H10N4O2. The number of amides is 2. The van der Waals surface area contributed by atoms with Crippen LogP contribution in [-0.2, 0) is 4.79 Å². The predicted molar refractivity (Wildman–Crippen MR) is 46.9 cm³/mol. The standard InChI is InChI=1S/C7H10N4O2/c1-5(3-9-2)6(12)4-10-11-7(8)13/h4-5H,3H2,1H3,(H3,8,11,13)/b10-4+. The van der Waals surface area contributed by atoms with Gasteiger partial charge in [0, 0.05) is 0 Å². The molecule has 2 amide bonds. The molecule has 0 aliphatic heterocycles. The highest BCUT2D eigenvalue weighted by Gasteiger charge is 2.12. The number of carbonyl (C=O) groups is 2. The van der Waals surface area contributed by atoms with Crippen LogP contribution in [0.15, 0.2) is 5.10 Å². The minimum absolute atomic E-state index is 0.113. The lowest BCUT2D eigenvalue weighted by Gasteiger charge is -1.96. The number of Topliss-reactive ketones (excluding diaryl/α,β-unsaturated/α-hetero) is 1. The van der Waals surface area contributed by atoms with Crippen molar-refractivity contribution < 1.29 is 9.59 Å². The van der Waals surface area contributed by atoms with Crippen LogP contribution in [-0.4, -0.2) is 24.6 Å². The van der Waals surface area contributed by atoms with E-state index in [0.717, 1.165) is 6.21 Å². The number of nitrogens with one attached hydrogen (secondary N) is 1. The fraction of sp³-hybridized carbons (Fsp3) is 0.429. The van der Waals surface area contributed by atoms with Gasteiger partial charge in [-0.3, -0.25) is 4.79 Å². The molecule has 0 aromatic heterocycles. The van der Waals surface area contributed by atoms with E-state index >= 15 is 0 Å². The summed E-state index contributed by atoms with van der Waals surface area (Å²) in [7, 11) is 0. The molecule has 13 heavy (non-hydrogen) atoms. The number of carbonyl (C=O) groups excluding carboxylic acids is 2. The molecule has 1 unspecified atom stereocenters. The molecule has 0 saturated heterocycles. The number of hydrazone groups is 1. The molecule has 0 fully saturated rings. The summed E-state index contributed by atoms with van der Waals surface area (Å²) in [6.45, 7) is 8.23. The third-order valence-electron chi connectivity index (χ3n) is 1.22. The summed E-state index contributed by atoms with van der Waals surface area (Å²) in [5, 5.41) is 3.27. The van der Waals surface area contributed by atoms with Gasteiger partial charge in [-0.1, -0.05) is 0 Å². The lowest BCUT2D eigenvalue weighted by Crippen LogP contribution is -2.25. The second-order valence-electron chi connectivity index (χ2n) is 2.38. The van der Waals surface area contributed by atoms with Crippen molar-refractivity contribution in [2.45, 2.75) is 6.92 Å². The number of primary amides is 1. The monoisotopic (exact) mass is 182 g/mol. The van der Waals surface area contributed by atoms with Crippen molar-refractivity contribution in [2.75, 3.05) is 6.54 Å². The van der Waals surface area contributed by atoms with Gasteiger partial charge in [0.15, 0.2) is 5.78 Å². The molecule has 0 aliphatic rings. The Morgan fingerprint density at radius 2 is 2.38 bits per heavy atom. The van der Waals surface area contributed by atoms with Crippen LogP contribution in [0, 0.1) is 12.5 Å². The quantitative estimate of drug-likeness (QED) is 0.357. The summed E-state index contributed by atoms with van der Waals surface area (Å²) in [5.74, 6) is -0.722. The summed E-state index contributed by atoms with van der Waals surface area (Å²) < 4.78 is 0. The minimum atomic E-state index is -0.832. The maximum Gasteiger partial charge on any atom is 0.332 e. The molecule has 6 heteroatoms. The number of hydrogen-bond acceptors (Lipinski definition) is 3. The molecule has 0 aromatic carbocycles. The van der Waals surface area contributed by atoms with E-state index in [9.17, 15) is 9.59 Å². The van der Waals surface area contributed by atoms with Crippen molar-refractivity contribution in [3.63, 3.8) is 0 Å². The van der Waals surface area contributed by atoms with E-state index in [-0.39, 0.29) is 12.3 Å². The highest BCUT2D eigenvalue weighted by Crippen LogP contribution is 1.94. The van der Waals surface area contributed by atoms with Crippen LogP contribution in [0.25, 0.3) is 4.85 Å². The zero-order valence-corrected chi connectivity index (χ0v) is 7.15. The predicted octanol–water partition coefficient (Wildman–Crippen LogP) is -0.235. The number of nitrogens with zero attached hydrogens (tertiary/aromatic N) is 2. The van der Waals surface area contributed by atoms with Crippen LogP contribution in [0.3, 0.4) is 0 Å². The van der Waals surface area contributed by atoms with Crippen LogP contribution in [0.1, 0.15) is 6.92 Å². The van der Waals surface area contributed by atoms with Crippen molar-refractivity contribution >= 4 is 18.0 Å². The Labute approximate surface area is 75.6 Å². The first-order valence-electron chi connectivity index (χ1n) is 3.53.